The van der Waals surface area contributed by atoms with Gasteiger partial charge in [-0.3, -0.25) is 4.99 Å². The quantitative estimate of drug-likeness (QED) is 0.402. The Kier molecular flexibility index (Phi) is 5.40. The summed E-state index contributed by atoms with van der Waals surface area (Å²) in [7, 11) is 0. The predicted molar refractivity (Wildman–Crippen MR) is 35.5 cm³/mol. The summed E-state index contributed by atoms with van der Waals surface area (Å²) in [6.45, 7) is 0.680. The summed E-state index contributed by atoms with van der Waals surface area (Å²) >= 11 is 0. The summed E-state index contributed by atoms with van der Waals surface area (Å²) < 4.78 is 0. The minimum absolute atomic E-state index is 0.284. The van der Waals surface area contributed by atoms with E-state index in [4.69, 9.17) is 15.9 Å². The first-order valence-corrected chi connectivity index (χ1v) is 2.80. The zero-order valence-electron chi connectivity index (χ0n) is 5.20. The third-order valence-electron chi connectivity index (χ3n) is 0.723. The summed E-state index contributed by atoms with van der Waals surface area (Å²) in [5.74, 6) is 0. The Bertz CT molecular complexity index is 85.0. The molecule has 0 rings (SSSR count). The minimum atomic E-state index is -0.837. The molecule has 0 aliphatic rings. The van der Waals surface area contributed by atoms with Crippen LogP contribution in [0.5, 0.6) is 0 Å². The molecule has 0 aromatic heterocycles. The van der Waals surface area contributed by atoms with E-state index in [0.717, 1.165) is 0 Å². The third kappa shape index (κ3) is 5.42. The molecule has 0 aromatic rings. The van der Waals surface area contributed by atoms with E-state index in [0.29, 0.717) is 13.1 Å². The molecule has 0 fully saturated rings. The van der Waals surface area contributed by atoms with Crippen molar-refractivity contribution in [1.82, 2.24) is 0 Å². The predicted octanol–water partition coefficient (Wildman–Crippen LogP) is -1.63. The van der Waals surface area contributed by atoms with E-state index in [9.17, 15) is 0 Å². The molecule has 0 spiro atoms. The normalized spacial score (nSPS) is 14.6. The van der Waals surface area contributed by atoms with Crippen molar-refractivity contribution < 1.29 is 10.2 Å². The lowest BCUT2D eigenvalue weighted by Gasteiger charge is -1.95. The Balaban J connectivity index is 3.20. The van der Waals surface area contributed by atoms with Gasteiger partial charge in [-0.15, -0.1) is 0 Å². The van der Waals surface area contributed by atoms with Gasteiger partial charge in [0.05, 0.1) is 13.2 Å². The van der Waals surface area contributed by atoms with E-state index in [1.807, 2.05) is 0 Å². The van der Waals surface area contributed by atoms with Crippen molar-refractivity contribution in [3.8, 4) is 0 Å². The zero-order chi connectivity index (χ0) is 7.11. The van der Waals surface area contributed by atoms with Crippen LogP contribution in [0.4, 0.5) is 0 Å². The first kappa shape index (κ1) is 8.55. The topological polar surface area (TPSA) is 78.8 Å². The average molecular weight is 132 g/mol. The van der Waals surface area contributed by atoms with E-state index in [1.165, 1.54) is 6.21 Å². The van der Waals surface area contributed by atoms with Crippen LogP contribution in [0.3, 0.4) is 0 Å². The maximum Gasteiger partial charge on any atom is 0.112 e. The van der Waals surface area contributed by atoms with Crippen LogP contribution in [0, 0.1) is 0 Å². The number of hydrogen-bond acceptors (Lipinski definition) is 4. The van der Waals surface area contributed by atoms with Crippen molar-refractivity contribution in [2.45, 2.75) is 6.10 Å². The standard InChI is InChI=1S/C5H12N2O2/c6-1-2-7-3-5(9)4-8/h3,5,8-9H,1-2,4,6H2. The molecule has 0 saturated heterocycles. The fourth-order valence-electron chi connectivity index (χ4n) is 0.318. The van der Waals surface area contributed by atoms with Crippen molar-refractivity contribution in [1.29, 1.82) is 0 Å². The van der Waals surface area contributed by atoms with Gasteiger partial charge in [-0.05, 0) is 0 Å². The van der Waals surface area contributed by atoms with Crippen LogP contribution in [-0.2, 0) is 0 Å². The van der Waals surface area contributed by atoms with Crippen LogP contribution < -0.4 is 5.73 Å². The summed E-state index contributed by atoms with van der Waals surface area (Å²) in [6.07, 6.45) is 0.448. The number of aliphatic hydroxyl groups is 2. The van der Waals surface area contributed by atoms with Crippen molar-refractivity contribution in [3.05, 3.63) is 0 Å². The maximum atomic E-state index is 8.64. The van der Waals surface area contributed by atoms with E-state index >= 15 is 0 Å². The van der Waals surface area contributed by atoms with Gasteiger partial charge < -0.3 is 15.9 Å². The van der Waals surface area contributed by atoms with E-state index in [1.54, 1.807) is 0 Å². The number of nitrogens with zero attached hydrogens (tertiary/aromatic N) is 1. The van der Waals surface area contributed by atoms with E-state index < -0.39 is 6.10 Å². The molecule has 0 radical (unpaired) electrons. The van der Waals surface area contributed by atoms with Crippen molar-refractivity contribution >= 4 is 6.21 Å². The lowest BCUT2D eigenvalue weighted by Crippen LogP contribution is -2.14. The Morgan fingerprint density at radius 2 is 2.33 bits per heavy atom. The van der Waals surface area contributed by atoms with Crippen molar-refractivity contribution in [3.63, 3.8) is 0 Å². The molecule has 0 bridgehead atoms. The number of nitrogens with two attached hydrogens (primary N) is 1. The molecular weight excluding hydrogens is 120 g/mol. The van der Waals surface area contributed by atoms with Crippen LogP contribution in [0.2, 0.25) is 0 Å². The van der Waals surface area contributed by atoms with Gasteiger partial charge in [0.2, 0.25) is 0 Å². The molecule has 54 valence electrons. The lowest BCUT2D eigenvalue weighted by molar-refractivity contribution is 0.148. The Morgan fingerprint density at radius 3 is 2.78 bits per heavy atom. The SMILES string of the molecule is NCCN=CC(O)CO. The van der Waals surface area contributed by atoms with Gasteiger partial charge in [-0.1, -0.05) is 0 Å². The molecule has 0 heterocycles. The average Bonchev–Trinajstić information content (AvgIpc) is 1.89. The highest BCUT2D eigenvalue weighted by Crippen LogP contribution is 1.73. The molecule has 0 aliphatic heterocycles. The first-order valence-electron chi connectivity index (χ1n) is 2.80. The van der Waals surface area contributed by atoms with Crippen LogP contribution in [-0.4, -0.2) is 42.2 Å². The van der Waals surface area contributed by atoms with Crippen LogP contribution in [0.25, 0.3) is 0 Å². The molecule has 9 heavy (non-hydrogen) atoms. The molecule has 0 saturated carbocycles. The molecule has 1 unspecified atom stereocenters. The highest BCUT2D eigenvalue weighted by molar-refractivity contribution is 5.62. The van der Waals surface area contributed by atoms with Gasteiger partial charge in [-0.25, -0.2) is 0 Å². The van der Waals surface area contributed by atoms with Gasteiger partial charge in [0.25, 0.3) is 0 Å². The largest absolute Gasteiger partial charge is 0.393 e. The first-order chi connectivity index (χ1) is 4.31. The highest BCUT2D eigenvalue weighted by Gasteiger charge is 1.92. The van der Waals surface area contributed by atoms with Crippen LogP contribution in [0.15, 0.2) is 4.99 Å². The summed E-state index contributed by atoms with van der Waals surface area (Å²) in [5.41, 5.74) is 5.10. The number of rotatable bonds is 4. The third-order valence-corrected chi connectivity index (χ3v) is 0.723. The molecule has 4 nitrogen and oxygen atoms in total. The van der Waals surface area contributed by atoms with E-state index in [-0.39, 0.29) is 6.61 Å². The van der Waals surface area contributed by atoms with Crippen LogP contribution in [0.1, 0.15) is 0 Å². The van der Waals surface area contributed by atoms with Crippen LogP contribution >= 0.6 is 0 Å². The van der Waals surface area contributed by atoms with Gasteiger partial charge in [0.15, 0.2) is 0 Å². The van der Waals surface area contributed by atoms with Gasteiger partial charge in [-0.2, -0.15) is 0 Å². The minimum Gasteiger partial charge on any atom is -0.393 e. The molecular formula is C5H12N2O2. The molecule has 0 aromatic carbocycles. The second-order valence-corrected chi connectivity index (χ2v) is 1.59. The maximum absolute atomic E-state index is 8.64. The monoisotopic (exact) mass is 132 g/mol. The summed E-state index contributed by atoms with van der Waals surface area (Å²) in [6, 6.07) is 0. The highest BCUT2D eigenvalue weighted by atomic mass is 16.3. The van der Waals surface area contributed by atoms with E-state index in [2.05, 4.69) is 4.99 Å². The molecule has 4 heteroatoms. The molecule has 0 amide bonds. The lowest BCUT2D eigenvalue weighted by atomic mass is 10.4. The summed E-state index contributed by atoms with van der Waals surface area (Å²) in [4.78, 5) is 3.70. The molecule has 4 N–H and O–H groups in total. The summed E-state index contributed by atoms with van der Waals surface area (Å²) in [5, 5.41) is 16.9. The van der Waals surface area contributed by atoms with Gasteiger partial charge >= 0.3 is 0 Å². The zero-order valence-corrected chi connectivity index (χ0v) is 5.20. The Morgan fingerprint density at radius 1 is 1.67 bits per heavy atom. The second kappa shape index (κ2) is 5.68. The fourth-order valence-corrected chi connectivity index (χ4v) is 0.318. The van der Waals surface area contributed by atoms with Crippen molar-refractivity contribution in [2.75, 3.05) is 19.7 Å². The Hall–Kier alpha value is -0.450. The number of aliphatic hydroxyl groups excluding tert-OH is 2. The van der Waals surface area contributed by atoms with Crippen molar-refractivity contribution in [2.24, 2.45) is 10.7 Å². The van der Waals surface area contributed by atoms with Gasteiger partial charge in [0.1, 0.15) is 6.10 Å². The molecule has 1 atom stereocenters. The number of hydrogen-bond donors (Lipinski definition) is 3. The molecule has 0 aliphatic carbocycles. The number of aliphatic imine (C=N–C) groups is 1. The Labute approximate surface area is 54.0 Å². The van der Waals surface area contributed by atoms with Gasteiger partial charge in [0, 0.05) is 12.8 Å². The fraction of sp³-hybridized carbons (Fsp3) is 0.800. The smallest absolute Gasteiger partial charge is 0.112 e. The second-order valence-electron chi connectivity index (χ2n) is 1.59.